The molecule has 10 heteroatoms. The Hall–Kier alpha value is -2.56. The molecule has 0 spiro atoms. The number of thiazole rings is 1. The fraction of sp³-hybridized carbons (Fsp3) is 0. The van der Waals surface area contributed by atoms with E-state index in [2.05, 4.69) is 36.2 Å². The highest BCUT2D eigenvalue weighted by Crippen LogP contribution is 2.38. The van der Waals surface area contributed by atoms with Crippen LogP contribution >= 0.6 is 39.0 Å². The fourth-order valence-electron chi connectivity index (χ4n) is 2.39. The van der Waals surface area contributed by atoms with Crippen LogP contribution in [0.4, 0.5) is 15.3 Å². The van der Waals surface area contributed by atoms with Crippen LogP contribution in [0.5, 0.6) is 0 Å². The second-order valence-electron chi connectivity index (χ2n) is 5.52. The lowest BCUT2D eigenvalue weighted by molar-refractivity contribution is 0.0692. The number of anilines is 2. The summed E-state index contributed by atoms with van der Waals surface area (Å²) in [5, 5.41) is 13.1. The molecule has 1 aromatic carbocycles. The summed E-state index contributed by atoms with van der Waals surface area (Å²) in [6, 6.07) is 9.16. The molecule has 0 unspecified atom stereocenters. The van der Waals surface area contributed by atoms with Crippen molar-refractivity contribution in [3.8, 4) is 0 Å². The number of hydrogen-bond donors (Lipinski definition) is 2. The predicted octanol–water partition coefficient (Wildman–Crippen LogP) is 5.58. The van der Waals surface area contributed by atoms with E-state index in [9.17, 15) is 14.3 Å². The molecule has 6 nitrogen and oxygen atoms in total. The van der Waals surface area contributed by atoms with Crippen molar-refractivity contribution in [3.05, 3.63) is 64.6 Å². The highest BCUT2D eigenvalue weighted by Gasteiger charge is 2.16. The molecule has 3 aromatic heterocycles. The van der Waals surface area contributed by atoms with Gasteiger partial charge in [0.25, 0.3) is 0 Å². The number of nitrogens with one attached hydrogen (secondary N) is 1. The van der Waals surface area contributed by atoms with Crippen LogP contribution in [0.2, 0.25) is 0 Å². The Labute approximate surface area is 175 Å². The predicted molar refractivity (Wildman–Crippen MR) is 110 cm³/mol. The fourth-order valence-corrected chi connectivity index (χ4v) is 4.70. The van der Waals surface area contributed by atoms with Gasteiger partial charge in [-0.15, -0.1) is 0 Å². The zero-order chi connectivity index (χ0) is 19.7. The summed E-state index contributed by atoms with van der Waals surface area (Å²) in [4.78, 5) is 26.5. The summed E-state index contributed by atoms with van der Waals surface area (Å²) < 4.78 is 14.2. The Morgan fingerprint density at radius 3 is 2.86 bits per heavy atom. The molecule has 0 aliphatic heterocycles. The average molecular weight is 477 g/mol. The first-order chi connectivity index (χ1) is 13.5. The third-order valence-corrected chi connectivity index (χ3v) is 6.04. The third kappa shape index (κ3) is 3.98. The van der Waals surface area contributed by atoms with Crippen LogP contribution in [0.3, 0.4) is 0 Å². The Balaban J connectivity index is 1.70. The van der Waals surface area contributed by atoms with Crippen molar-refractivity contribution in [2.75, 3.05) is 5.32 Å². The molecular formula is C18H10BrFN4O2S2. The van der Waals surface area contributed by atoms with Crippen LogP contribution in [0, 0.1) is 5.82 Å². The molecule has 0 aliphatic rings. The van der Waals surface area contributed by atoms with Gasteiger partial charge in [-0.05, 0) is 52.3 Å². The molecule has 0 aliphatic carbocycles. The Morgan fingerprint density at radius 2 is 2.07 bits per heavy atom. The van der Waals surface area contributed by atoms with Gasteiger partial charge in [-0.2, -0.15) is 0 Å². The summed E-state index contributed by atoms with van der Waals surface area (Å²) in [5.74, 6) is -1.29. The van der Waals surface area contributed by atoms with Crippen LogP contribution in [0.15, 0.2) is 63.1 Å². The van der Waals surface area contributed by atoms with Gasteiger partial charge in [-0.25, -0.2) is 24.1 Å². The van der Waals surface area contributed by atoms with E-state index in [0.717, 1.165) is 20.9 Å². The quantitative estimate of drug-likeness (QED) is 0.388. The number of carbonyl (C=O) groups is 1. The van der Waals surface area contributed by atoms with E-state index >= 15 is 0 Å². The maximum atomic E-state index is 13.5. The van der Waals surface area contributed by atoms with Gasteiger partial charge in [0.1, 0.15) is 22.0 Å². The van der Waals surface area contributed by atoms with E-state index in [1.165, 1.54) is 35.2 Å². The standard InChI is InChI=1S/C18H10BrFN4O2S2/c19-9-6-14(27-13-4-3-10(20)7-11(13)17(25)26)15(22-8-9)24-18-23-12-2-1-5-21-16(12)28-18/h1-8H,(H,25,26)(H,22,23,24). The lowest BCUT2D eigenvalue weighted by Gasteiger charge is -2.11. The molecule has 2 N–H and O–H groups in total. The molecule has 0 saturated carbocycles. The SMILES string of the molecule is O=C(O)c1cc(F)ccc1Sc1cc(Br)cnc1Nc1nc2cccnc2s1. The van der Waals surface area contributed by atoms with Gasteiger partial charge in [0.05, 0.1) is 10.5 Å². The van der Waals surface area contributed by atoms with Gasteiger partial charge >= 0.3 is 5.97 Å². The van der Waals surface area contributed by atoms with Gasteiger partial charge in [-0.3, -0.25) is 0 Å². The van der Waals surface area contributed by atoms with E-state index in [1.807, 2.05) is 12.1 Å². The number of carboxylic acids is 1. The van der Waals surface area contributed by atoms with Crippen molar-refractivity contribution in [2.45, 2.75) is 9.79 Å². The van der Waals surface area contributed by atoms with Gasteiger partial charge in [0, 0.05) is 21.8 Å². The molecule has 0 amide bonds. The second kappa shape index (κ2) is 7.82. The first-order valence-corrected chi connectivity index (χ1v) is 10.3. The maximum absolute atomic E-state index is 13.5. The number of aromatic nitrogens is 3. The molecule has 3 heterocycles. The van der Waals surface area contributed by atoms with Crippen LogP contribution < -0.4 is 5.32 Å². The zero-order valence-electron chi connectivity index (χ0n) is 13.9. The lowest BCUT2D eigenvalue weighted by atomic mass is 10.2. The van der Waals surface area contributed by atoms with Crippen LogP contribution in [0.25, 0.3) is 10.3 Å². The number of nitrogens with zero attached hydrogens (tertiary/aromatic N) is 3. The normalized spacial score (nSPS) is 10.9. The van der Waals surface area contributed by atoms with Crippen molar-refractivity contribution in [2.24, 2.45) is 0 Å². The van der Waals surface area contributed by atoms with Crippen LogP contribution in [-0.2, 0) is 0 Å². The third-order valence-electron chi connectivity index (χ3n) is 3.60. The van der Waals surface area contributed by atoms with Crippen molar-refractivity contribution in [3.63, 3.8) is 0 Å². The number of pyridine rings is 2. The highest BCUT2D eigenvalue weighted by molar-refractivity contribution is 9.10. The molecule has 0 radical (unpaired) electrons. The van der Waals surface area contributed by atoms with Crippen LogP contribution in [-0.4, -0.2) is 26.0 Å². The second-order valence-corrected chi connectivity index (χ2v) is 8.50. The maximum Gasteiger partial charge on any atom is 0.336 e. The number of carboxylic acid groups (broad SMARTS) is 1. The van der Waals surface area contributed by atoms with E-state index < -0.39 is 11.8 Å². The number of hydrogen-bond acceptors (Lipinski definition) is 7. The first kappa shape index (κ1) is 18.8. The lowest BCUT2D eigenvalue weighted by Crippen LogP contribution is -2.00. The Morgan fingerprint density at radius 1 is 1.21 bits per heavy atom. The summed E-state index contributed by atoms with van der Waals surface area (Å²) >= 11 is 5.94. The minimum atomic E-state index is -1.20. The topological polar surface area (TPSA) is 88.0 Å². The molecule has 0 saturated heterocycles. The van der Waals surface area contributed by atoms with E-state index in [0.29, 0.717) is 20.7 Å². The van der Waals surface area contributed by atoms with Crippen molar-refractivity contribution >= 4 is 66.3 Å². The van der Waals surface area contributed by atoms with Crippen LogP contribution in [0.1, 0.15) is 10.4 Å². The summed E-state index contributed by atoms with van der Waals surface area (Å²) in [7, 11) is 0. The smallest absolute Gasteiger partial charge is 0.336 e. The number of halogens is 2. The largest absolute Gasteiger partial charge is 0.478 e. The Kier molecular flexibility index (Phi) is 5.25. The van der Waals surface area contributed by atoms with Gasteiger partial charge < -0.3 is 10.4 Å². The molecule has 0 bridgehead atoms. The first-order valence-electron chi connectivity index (χ1n) is 7.84. The highest BCUT2D eigenvalue weighted by atomic mass is 79.9. The van der Waals surface area contributed by atoms with E-state index in [-0.39, 0.29) is 5.56 Å². The molecule has 4 rings (SSSR count). The summed E-state index contributed by atoms with van der Waals surface area (Å²) in [5.41, 5.74) is 0.660. The van der Waals surface area contributed by atoms with Crippen molar-refractivity contribution in [1.29, 1.82) is 0 Å². The molecular weight excluding hydrogens is 467 g/mol. The van der Waals surface area contributed by atoms with Gasteiger partial charge in [0.2, 0.25) is 0 Å². The van der Waals surface area contributed by atoms with Gasteiger partial charge in [0.15, 0.2) is 5.13 Å². The molecule has 140 valence electrons. The summed E-state index contributed by atoms with van der Waals surface area (Å²) in [6.07, 6.45) is 3.33. The van der Waals surface area contributed by atoms with Gasteiger partial charge in [-0.1, -0.05) is 23.1 Å². The molecule has 4 aromatic rings. The molecule has 0 atom stereocenters. The minimum absolute atomic E-state index is 0.111. The average Bonchev–Trinajstić information content (AvgIpc) is 3.07. The zero-order valence-corrected chi connectivity index (χ0v) is 17.1. The number of aromatic carboxylic acids is 1. The monoisotopic (exact) mass is 476 g/mol. The van der Waals surface area contributed by atoms with E-state index in [1.54, 1.807) is 18.5 Å². The number of rotatable bonds is 5. The van der Waals surface area contributed by atoms with Crippen molar-refractivity contribution in [1.82, 2.24) is 15.0 Å². The Bertz CT molecular complexity index is 1170. The van der Waals surface area contributed by atoms with E-state index in [4.69, 9.17) is 0 Å². The molecule has 0 fully saturated rings. The number of benzene rings is 1. The summed E-state index contributed by atoms with van der Waals surface area (Å²) in [6.45, 7) is 0. The minimum Gasteiger partial charge on any atom is -0.478 e. The molecule has 28 heavy (non-hydrogen) atoms. The van der Waals surface area contributed by atoms with Crippen molar-refractivity contribution < 1.29 is 14.3 Å². The number of fused-ring (bicyclic) bond motifs is 1.